The summed E-state index contributed by atoms with van der Waals surface area (Å²) in [6.07, 6.45) is 1.90. The van der Waals surface area contributed by atoms with Crippen LogP contribution in [0.5, 0.6) is 5.75 Å². The van der Waals surface area contributed by atoms with Gasteiger partial charge in [-0.25, -0.2) is 0 Å². The fraction of sp³-hybridized carbons (Fsp3) is 0.0667. The number of nitrogens with two attached hydrogens (primary N) is 1. The standard InChI is InChI=1S/C15H13Br2NO/c16-15(17)8-12-6-7-13(9-14(12)18)19-10-11-4-2-1-3-5-11/h1-9H,10,18H2. The zero-order chi connectivity index (χ0) is 13.7. The van der Waals surface area contributed by atoms with E-state index in [-0.39, 0.29) is 0 Å². The Labute approximate surface area is 129 Å². The van der Waals surface area contributed by atoms with Gasteiger partial charge >= 0.3 is 0 Å². The first kappa shape index (κ1) is 14.2. The number of halogens is 2. The van der Waals surface area contributed by atoms with E-state index in [1.165, 1.54) is 0 Å². The largest absolute Gasteiger partial charge is 0.489 e. The zero-order valence-corrected chi connectivity index (χ0v) is 13.3. The van der Waals surface area contributed by atoms with Crippen molar-refractivity contribution in [2.45, 2.75) is 6.61 Å². The van der Waals surface area contributed by atoms with Crippen molar-refractivity contribution in [2.24, 2.45) is 0 Å². The summed E-state index contributed by atoms with van der Waals surface area (Å²) in [5.74, 6) is 0.768. The van der Waals surface area contributed by atoms with Crippen LogP contribution >= 0.6 is 31.9 Å². The number of nitrogen functional groups attached to an aromatic ring is 1. The summed E-state index contributed by atoms with van der Waals surface area (Å²) in [7, 11) is 0. The highest BCUT2D eigenvalue weighted by molar-refractivity contribution is 9.28. The molecule has 0 spiro atoms. The van der Waals surface area contributed by atoms with Crippen LogP contribution in [0.15, 0.2) is 51.9 Å². The molecule has 2 aromatic rings. The highest BCUT2D eigenvalue weighted by atomic mass is 79.9. The minimum absolute atomic E-state index is 0.539. The third-order valence-corrected chi connectivity index (χ3v) is 3.03. The number of anilines is 1. The maximum absolute atomic E-state index is 5.97. The minimum atomic E-state index is 0.539. The molecule has 19 heavy (non-hydrogen) atoms. The lowest BCUT2D eigenvalue weighted by Gasteiger charge is -2.08. The summed E-state index contributed by atoms with van der Waals surface area (Å²) in [4.78, 5) is 0. The van der Waals surface area contributed by atoms with Crippen LogP contribution in [0.1, 0.15) is 11.1 Å². The summed E-state index contributed by atoms with van der Waals surface area (Å²) in [5, 5.41) is 0. The highest BCUT2D eigenvalue weighted by Gasteiger charge is 2.01. The molecule has 0 saturated heterocycles. The molecule has 2 aromatic carbocycles. The Hall–Kier alpha value is -1.26. The molecule has 0 fully saturated rings. The molecule has 4 heteroatoms. The Balaban J connectivity index is 2.06. The van der Waals surface area contributed by atoms with Gasteiger partial charge in [-0.15, -0.1) is 0 Å². The highest BCUT2D eigenvalue weighted by Crippen LogP contribution is 2.25. The Morgan fingerprint density at radius 1 is 1.11 bits per heavy atom. The van der Waals surface area contributed by atoms with Gasteiger partial charge in [0.05, 0.1) is 3.39 Å². The first-order valence-electron chi connectivity index (χ1n) is 5.74. The smallest absolute Gasteiger partial charge is 0.121 e. The SMILES string of the molecule is Nc1cc(OCc2ccccc2)ccc1C=C(Br)Br. The van der Waals surface area contributed by atoms with Gasteiger partial charge in [0.25, 0.3) is 0 Å². The van der Waals surface area contributed by atoms with E-state index in [1.54, 1.807) is 0 Å². The third kappa shape index (κ3) is 4.40. The van der Waals surface area contributed by atoms with Crippen molar-refractivity contribution >= 4 is 43.6 Å². The molecule has 0 radical (unpaired) electrons. The molecule has 0 amide bonds. The van der Waals surface area contributed by atoms with Crippen molar-refractivity contribution < 1.29 is 4.74 Å². The second-order valence-corrected chi connectivity index (χ2v) is 6.77. The Morgan fingerprint density at radius 2 is 1.84 bits per heavy atom. The first-order valence-corrected chi connectivity index (χ1v) is 7.33. The van der Waals surface area contributed by atoms with E-state index in [9.17, 15) is 0 Å². The fourth-order valence-corrected chi connectivity index (χ4v) is 2.13. The predicted molar refractivity (Wildman–Crippen MR) is 87.5 cm³/mol. The summed E-state index contributed by atoms with van der Waals surface area (Å²) in [5.41, 5.74) is 8.73. The summed E-state index contributed by atoms with van der Waals surface area (Å²) < 4.78 is 6.56. The topological polar surface area (TPSA) is 35.2 Å². The molecule has 0 heterocycles. The van der Waals surface area contributed by atoms with Gasteiger partial charge in [-0.3, -0.25) is 0 Å². The molecule has 2 rings (SSSR count). The molecule has 0 unspecified atom stereocenters. The van der Waals surface area contributed by atoms with Crippen molar-refractivity contribution in [1.82, 2.24) is 0 Å². The molecular formula is C15H13Br2NO. The van der Waals surface area contributed by atoms with Gasteiger partial charge in [-0.1, -0.05) is 30.3 Å². The molecule has 0 saturated carbocycles. The molecule has 0 aliphatic rings. The first-order chi connectivity index (χ1) is 9.15. The Morgan fingerprint density at radius 3 is 2.47 bits per heavy atom. The van der Waals surface area contributed by atoms with E-state index in [1.807, 2.05) is 54.6 Å². The van der Waals surface area contributed by atoms with Gasteiger partial charge in [-0.2, -0.15) is 0 Å². The van der Waals surface area contributed by atoms with Gasteiger partial charge in [-0.05, 0) is 61.2 Å². The molecule has 98 valence electrons. The second-order valence-electron chi connectivity index (χ2n) is 4.00. The quantitative estimate of drug-likeness (QED) is 0.760. The van der Waals surface area contributed by atoms with Gasteiger partial charge in [0.2, 0.25) is 0 Å². The van der Waals surface area contributed by atoms with E-state index >= 15 is 0 Å². The van der Waals surface area contributed by atoms with Crippen LogP contribution < -0.4 is 10.5 Å². The van der Waals surface area contributed by atoms with Crippen LogP contribution in [0, 0.1) is 0 Å². The average Bonchev–Trinajstić information content (AvgIpc) is 2.40. The predicted octanol–water partition coefficient (Wildman–Crippen LogP) is 4.94. The molecule has 2 nitrogen and oxygen atoms in total. The number of benzene rings is 2. The van der Waals surface area contributed by atoms with Crippen LogP contribution in [0.4, 0.5) is 5.69 Å². The maximum atomic E-state index is 5.97. The Bertz CT molecular complexity index is 578. The maximum Gasteiger partial charge on any atom is 0.121 e. The van der Waals surface area contributed by atoms with Crippen molar-refractivity contribution in [3.63, 3.8) is 0 Å². The van der Waals surface area contributed by atoms with Crippen LogP contribution in [-0.4, -0.2) is 0 Å². The summed E-state index contributed by atoms with van der Waals surface area (Å²) >= 11 is 6.63. The molecule has 2 N–H and O–H groups in total. The van der Waals surface area contributed by atoms with E-state index < -0.39 is 0 Å². The summed E-state index contributed by atoms with van der Waals surface area (Å²) in [6, 6.07) is 15.7. The van der Waals surface area contributed by atoms with Gasteiger partial charge in [0.15, 0.2) is 0 Å². The van der Waals surface area contributed by atoms with Crippen LogP contribution in [0.2, 0.25) is 0 Å². The lowest BCUT2D eigenvalue weighted by Crippen LogP contribution is -1.97. The van der Waals surface area contributed by atoms with E-state index in [4.69, 9.17) is 10.5 Å². The van der Waals surface area contributed by atoms with Gasteiger partial charge < -0.3 is 10.5 Å². The molecule has 0 aliphatic heterocycles. The van der Waals surface area contributed by atoms with Crippen molar-refractivity contribution in [3.05, 3.63) is 63.0 Å². The van der Waals surface area contributed by atoms with Gasteiger partial charge in [0, 0.05) is 11.8 Å². The van der Waals surface area contributed by atoms with Crippen molar-refractivity contribution in [1.29, 1.82) is 0 Å². The molecule has 0 bridgehead atoms. The van der Waals surface area contributed by atoms with Crippen LogP contribution in [-0.2, 0) is 6.61 Å². The molecular weight excluding hydrogens is 370 g/mol. The number of rotatable bonds is 4. The van der Waals surface area contributed by atoms with Crippen LogP contribution in [0.25, 0.3) is 6.08 Å². The van der Waals surface area contributed by atoms with Crippen LogP contribution in [0.3, 0.4) is 0 Å². The molecule has 0 aliphatic carbocycles. The normalized spacial score (nSPS) is 10.0. The Kier molecular flexibility index (Phi) is 5.05. The summed E-state index contributed by atoms with van der Waals surface area (Å²) in [6.45, 7) is 0.539. The van der Waals surface area contributed by atoms with E-state index in [2.05, 4.69) is 31.9 Å². The van der Waals surface area contributed by atoms with Crippen molar-refractivity contribution in [2.75, 3.05) is 5.73 Å². The van der Waals surface area contributed by atoms with E-state index in [0.717, 1.165) is 20.3 Å². The molecule has 0 atom stereocenters. The lowest BCUT2D eigenvalue weighted by molar-refractivity contribution is 0.306. The van der Waals surface area contributed by atoms with E-state index in [0.29, 0.717) is 12.3 Å². The zero-order valence-electron chi connectivity index (χ0n) is 10.1. The number of hydrogen-bond acceptors (Lipinski definition) is 2. The monoisotopic (exact) mass is 381 g/mol. The third-order valence-electron chi connectivity index (χ3n) is 2.57. The fourth-order valence-electron chi connectivity index (χ4n) is 1.63. The average molecular weight is 383 g/mol. The van der Waals surface area contributed by atoms with Gasteiger partial charge in [0.1, 0.15) is 12.4 Å². The lowest BCUT2D eigenvalue weighted by atomic mass is 10.2. The molecule has 0 aromatic heterocycles. The minimum Gasteiger partial charge on any atom is -0.489 e. The number of hydrogen-bond donors (Lipinski definition) is 1. The van der Waals surface area contributed by atoms with Crippen molar-refractivity contribution in [3.8, 4) is 5.75 Å². The second kappa shape index (κ2) is 6.78. The number of ether oxygens (including phenoxy) is 1.